The van der Waals surface area contributed by atoms with Crippen LogP contribution in [0.25, 0.3) is 0 Å². The second kappa shape index (κ2) is 19.2. The molecule has 6 heterocycles. The average Bonchev–Trinajstić information content (AvgIpc) is 3.88. The van der Waals surface area contributed by atoms with Crippen molar-refractivity contribution in [3.63, 3.8) is 0 Å². The molecule has 0 N–H and O–H groups in total. The maximum absolute atomic E-state index is 13.3. The Bertz CT molecular complexity index is 1930. The number of rotatable bonds is 2. The number of benzene rings is 2. The van der Waals surface area contributed by atoms with Gasteiger partial charge < -0.3 is 35.1 Å². The van der Waals surface area contributed by atoms with Gasteiger partial charge in [-0.15, -0.1) is 41.6 Å². The summed E-state index contributed by atoms with van der Waals surface area (Å²) < 4.78 is 78.9. The standard InChI is InChI=1S/C14H9F3N2.C13H8F3N3.2C5H7N2.2Pt/c1-19-7-9(14-12(19)3-2-4-18-14)8-5-10(15)13(17)11(16)6-8;1-18-7-19(13-11(18)3-2-4-17-13)8-5-9(14)12(16)10(15)6-8;2*1-4-3-5(2)7-6-4;;/h2-5,7,9H,1H3;2-5,7H,1H3;2*3H,1-2H3;;/q2*-2;2*-1;;. The molecule has 54 heavy (non-hydrogen) atoms. The molecule has 6 aromatic rings. The topological polar surface area (TPSA) is 89.5 Å². The molecule has 2 aromatic carbocycles. The van der Waals surface area contributed by atoms with Crippen molar-refractivity contribution < 1.29 is 68.5 Å². The van der Waals surface area contributed by atoms with Crippen LogP contribution in [0.15, 0.2) is 60.9 Å². The Morgan fingerprint density at radius 3 is 1.72 bits per heavy atom. The first-order valence-corrected chi connectivity index (χ1v) is 15.6. The molecule has 4 aromatic heterocycles. The van der Waals surface area contributed by atoms with Crippen molar-refractivity contribution in [3.05, 3.63) is 155 Å². The summed E-state index contributed by atoms with van der Waals surface area (Å²) in [6, 6.07) is 17.3. The van der Waals surface area contributed by atoms with Crippen molar-refractivity contribution in [3.8, 4) is 0 Å². The monoisotopic (exact) mass is 1110 g/mol. The summed E-state index contributed by atoms with van der Waals surface area (Å²) in [7, 11) is 3.59. The fraction of sp³-hybridized carbons (Fsp3) is 0.189. The summed E-state index contributed by atoms with van der Waals surface area (Å²) in [5, 5.41) is 15.1. The van der Waals surface area contributed by atoms with E-state index in [0.29, 0.717) is 11.5 Å². The van der Waals surface area contributed by atoms with E-state index in [1.165, 1.54) is 4.90 Å². The van der Waals surface area contributed by atoms with Crippen LogP contribution in [-0.4, -0.2) is 34.3 Å². The smallest absolute Gasteiger partial charge is 0.124 e. The van der Waals surface area contributed by atoms with Gasteiger partial charge in [-0.2, -0.15) is 12.2 Å². The van der Waals surface area contributed by atoms with E-state index in [1.54, 1.807) is 49.7 Å². The molecular weight excluding hydrogens is 1070 g/mol. The van der Waals surface area contributed by atoms with Crippen LogP contribution in [0.2, 0.25) is 0 Å². The first-order valence-electron chi connectivity index (χ1n) is 15.6. The predicted octanol–water partition coefficient (Wildman–Crippen LogP) is 7.36. The third kappa shape index (κ3) is 10.4. The molecule has 0 saturated heterocycles. The summed E-state index contributed by atoms with van der Waals surface area (Å²) >= 11 is 0. The minimum absolute atomic E-state index is 0. The van der Waals surface area contributed by atoms with Gasteiger partial charge in [0.15, 0.2) is 0 Å². The molecule has 2 aliphatic heterocycles. The van der Waals surface area contributed by atoms with Gasteiger partial charge in [0.2, 0.25) is 0 Å². The SMILES string of the molecule is CN1[CH-]C(c2[c-]c(F)c(F)c(F)c2)c2ncccc21.CN1[CH-]N(c2[c-]c(F)c(F)c(F)c2)c2ncccc21.Cc1cc(C)[n-]n1.Cc1cc(C)[n-]n1.[Pt].[Pt]. The molecule has 9 nitrogen and oxygen atoms in total. The third-order valence-corrected chi connectivity index (χ3v) is 7.53. The second-order valence-electron chi connectivity index (χ2n) is 11.7. The first-order chi connectivity index (χ1) is 24.7. The quantitative estimate of drug-likeness (QED) is 0.100. The summed E-state index contributed by atoms with van der Waals surface area (Å²) in [5.74, 6) is -8.09. The maximum atomic E-state index is 13.3. The van der Waals surface area contributed by atoms with Gasteiger partial charge in [-0.1, -0.05) is 31.7 Å². The number of halogens is 6. The molecular formula is C37H31F6N9Pt2-6. The van der Waals surface area contributed by atoms with Gasteiger partial charge in [-0.3, -0.25) is 13.8 Å². The van der Waals surface area contributed by atoms with Crippen molar-refractivity contribution >= 4 is 22.9 Å². The van der Waals surface area contributed by atoms with Crippen LogP contribution < -0.4 is 24.9 Å². The van der Waals surface area contributed by atoms with Gasteiger partial charge in [0.05, 0.1) is 23.3 Å². The predicted molar refractivity (Wildman–Crippen MR) is 182 cm³/mol. The van der Waals surface area contributed by atoms with Crippen molar-refractivity contribution in [1.29, 1.82) is 0 Å². The van der Waals surface area contributed by atoms with E-state index < -0.39 is 40.8 Å². The van der Waals surface area contributed by atoms with E-state index >= 15 is 0 Å². The molecule has 1 unspecified atom stereocenters. The zero-order chi connectivity index (χ0) is 37.7. The van der Waals surface area contributed by atoms with Gasteiger partial charge in [-0.25, -0.2) is 29.1 Å². The summed E-state index contributed by atoms with van der Waals surface area (Å²) in [4.78, 5) is 13.4. The molecule has 0 amide bonds. The number of fused-ring (bicyclic) bond motifs is 2. The van der Waals surface area contributed by atoms with E-state index in [4.69, 9.17) is 0 Å². The van der Waals surface area contributed by atoms with Crippen molar-refractivity contribution in [2.75, 3.05) is 28.8 Å². The van der Waals surface area contributed by atoms with Crippen LogP contribution in [0.1, 0.15) is 40.0 Å². The second-order valence-corrected chi connectivity index (χ2v) is 11.7. The summed E-state index contributed by atoms with van der Waals surface area (Å²) in [5.41, 5.74) is 6.57. The number of pyridine rings is 2. The molecule has 292 valence electrons. The number of aromatic nitrogens is 6. The van der Waals surface area contributed by atoms with Crippen LogP contribution in [-0.2, 0) is 42.1 Å². The molecule has 0 aliphatic carbocycles. The molecule has 0 fully saturated rings. The largest absolute Gasteiger partial charge is 0.579 e. The minimum Gasteiger partial charge on any atom is -0.579 e. The number of hydrogen-bond donors (Lipinski definition) is 0. The first kappa shape index (κ1) is 43.9. The average molecular weight is 1110 g/mol. The molecule has 0 spiro atoms. The van der Waals surface area contributed by atoms with E-state index in [2.05, 4.69) is 42.5 Å². The van der Waals surface area contributed by atoms with Crippen LogP contribution in [0, 0.1) is 87.9 Å². The van der Waals surface area contributed by atoms with Gasteiger partial charge in [0.1, 0.15) is 5.82 Å². The van der Waals surface area contributed by atoms with E-state index in [0.717, 1.165) is 46.3 Å². The summed E-state index contributed by atoms with van der Waals surface area (Å²) in [6.45, 7) is 11.1. The van der Waals surface area contributed by atoms with Gasteiger partial charge in [0.25, 0.3) is 0 Å². The number of aryl methyl sites for hydroxylation is 4. The molecule has 17 heteroatoms. The zero-order valence-corrected chi connectivity index (χ0v) is 34.0. The van der Waals surface area contributed by atoms with E-state index in [-0.39, 0.29) is 53.4 Å². The number of likely N-dealkylation sites (N-methyl/N-ethyl adjacent to an activating group) is 1. The van der Waals surface area contributed by atoms with Crippen LogP contribution in [0.5, 0.6) is 0 Å². The molecule has 2 aliphatic rings. The van der Waals surface area contributed by atoms with Crippen molar-refractivity contribution in [1.82, 2.24) is 30.4 Å². The van der Waals surface area contributed by atoms with Crippen LogP contribution >= 0.6 is 0 Å². The number of hydrogen-bond acceptors (Lipinski definition) is 7. The van der Waals surface area contributed by atoms with Crippen LogP contribution in [0.4, 0.5) is 49.2 Å². The normalized spacial score (nSPS) is 13.6. The molecule has 0 radical (unpaired) electrons. The molecule has 8 rings (SSSR count). The van der Waals surface area contributed by atoms with Crippen molar-refractivity contribution in [2.45, 2.75) is 33.6 Å². The Kier molecular flexibility index (Phi) is 15.6. The van der Waals surface area contributed by atoms with Gasteiger partial charge >= 0.3 is 0 Å². The third-order valence-electron chi connectivity index (χ3n) is 7.53. The van der Waals surface area contributed by atoms with E-state index in [1.807, 2.05) is 63.9 Å². The number of anilines is 4. The fourth-order valence-corrected chi connectivity index (χ4v) is 5.21. The van der Waals surface area contributed by atoms with Crippen molar-refractivity contribution in [2.24, 2.45) is 0 Å². The Morgan fingerprint density at radius 2 is 1.22 bits per heavy atom. The zero-order valence-electron chi connectivity index (χ0n) is 29.4. The minimum atomic E-state index is -1.53. The van der Waals surface area contributed by atoms with Gasteiger partial charge in [-0.05, 0) is 52.2 Å². The Balaban J connectivity index is 0.000000210. The fourth-order valence-electron chi connectivity index (χ4n) is 5.21. The van der Waals surface area contributed by atoms with E-state index in [9.17, 15) is 26.3 Å². The number of nitrogens with zero attached hydrogens (tertiary/aromatic N) is 9. The molecule has 0 bridgehead atoms. The maximum Gasteiger partial charge on any atom is 0.124 e. The molecule has 0 saturated carbocycles. The Morgan fingerprint density at radius 1 is 0.685 bits per heavy atom. The van der Waals surface area contributed by atoms with Crippen LogP contribution in [0.3, 0.4) is 0 Å². The molecule has 1 atom stereocenters. The van der Waals surface area contributed by atoms with Gasteiger partial charge in [0, 0.05) is 94.6 Å². The Hall–Kier alpha value is -4.48. The Labute approximate surface area is 337 Å². The summed E-state index contributed by atoms with van der Waals surface area (Å²) in [6.07, 6.45) is 3.17.